The van der Waals surface area contributed by atoms with Gasteiger partial charge in [0, 0.05) is 37.4 Å². The number of anilines is 1. The zero-order chi connectivity index (χ0) is 25.0. The minimum absolute atomic E-state index is 0.218. The SMILES string of the molecule is CCN1CCN(S(=O)(=O)c2ccc(NC(=O)c3cccc(OCc4c(C)noc4C)c3)cc2)CC1. The molecule has 186 valence electrons. The highest BCUT2D eigenvalue weighted by molar-refractivity contribution is 7.89. The predicted molar refractivity (Wildman–Crippen MR) is 132 cm³/mol. The van der Waals surface area contributed by atoms with Crippen molar-refractivity contribution >= 4 is 21.6 Å². The number of sulfonamides is 1. The van der Waals surface area contributed by atoms with Crippen molar-refractivity contribution in [2.45, 2.75) is 32.3 Å². The minimum atomic E-state index is -3.56. The molecule has 1 N–H and O–H groups in total. The third kappa shape index (κ3) is 5.72. The number of aryl methyl sites for hydroxylation is 2. The second-order valence-electron chi connectivity index (χ2n) is 8.44. The van der Waals surface area contributed by atoms with E-state index in [1.807, 2.05) is 13.8 Å². The van der Waals surface area contributed by atoms with Gasteiger partial charge in [0.15, 0.2) is 0 Å². The van der Waals surface area contributed by atoms with Gasteiger partial charge < -0.3 is 19.5 Å². The van der Waals surface area contributed by atoms with E-state index in [4.69, 9.17) is 9.26 Å². The van der Waals surface area contributed by atoms with Crippen LogP contribution in [0.5, 0.6) is 5.75 Å². The Morgan fingerprint density at radius 2 is 1.80 bits per heavy atom. The molecular formula is C25H30N4O5S. The van der Waals surface area contributed by atoms with Crippen LogP contribution in [0.25, 0.3) is 0 Å². The molecule has 9 nitrogen and oxygen atoms in total. The molecule has 0 radical (unpaired) electrons. The Balaban J connectivity index is 1.38. The average Bonchev–Trinajstić information content (AvgIpc) is 3.20. The van der Waals surface area contributed by atoms with Crippen LogP contribution in [-0.2, 0) is 16.6 Å². The molecule has 1 fully saturated rings. The smallest absolute Gasteiger partial charge is 0.255 e. The van der Waals surface area contributed by atoms with Crippen molar-refractivity contribution in [2.75, 3.05) is 38.0 Å². The summed E-state index contributed by atoms with van der Waals surface area (Å²) in [6.07, 6.45) is 0. The van der Waals surface area contributed by atoms with Crippen LogP contribution in [0.15, 0.2) is 57.9 Å². The molecule has 10 heteroatoms. The van der Waals surface area contributed by atoms with Crippen molar-refractivity contribution in [1.82, 2.24) is 14.4 Å². The van der Waals surface area contributed by atoms with E-state index in [0.717, 1.165) is 30.9 Å². The fourth-order valence-electron chi connectivity index (χ4n) is 3.94. The van der Waals surface area contributed by atoms with Gasteiger partial charge in [-0.15, -0.1) is 0 Å². The van der Waals surface area contributed by atoms with E-state index < -0.39 is 10.0 Å². The first-order chi connectivity index (χ1) is 16.8. The molecular weight excluding hydrogens is 468 g/mol. The summed E-state index contributed by atoms with van der Waals surface area (Å²) in [6.45, 7) is 9.35. The molecule has 0 spiro atoms. The van der Waals surface area contributed by atoms with Gasteiger partial charge in [0.1, 0.15) is 18.1 Å². The number of hydrogen-bond acceptors (Lipinski definition) is 7. The van der Waals surface area contributed by atoms with Crippen LogP contribution < -0.4 is 10.1 Å². The van der Waals surface area contributed by atoms with Crippen molar-refractivity contribution < 1.29 is 22.5 Å². The summed E-state index contributed by atoms with van der Waals surface area (Å²) in [6, 6.07) is 13.1. The first kappa shape index (κ1) is 24.9. The molecule has 1 aliphatic heterocycles. The number of nitrogens with zero attached hydrogens (tertiary/aromatic N) is 3. The van der Waals surface area contributed by atoms with Gasteiger partial charge in [-0.25, -0.2) is 8.42 Å². The van der Waals surface area contributed by atoms with Crippen LogP contribution in [0.2, 0.25) is 0 Å². The number of likely N-dealkylation sites (N-methyl/N-ethyl adjacent to an activating group) is 1. The van der Waals surface area contributed by atoms with Crippen LogP contribution >= 0.6 is 0 Å². The van der Waals surface area contributed by atoms with Crippen molar-refractivity contribution in [3.8, 4) is 5.75 Å². The highest BCUT2D eigenvalue weighted by atomic mass is 32.2. The molecule has 0 aliphatic carbocycles. The van der Waals surface area contributed by atoms with Crippen molar-refractivity contribution in [2.24, 2.45) is 0 Å². The zero-order valence-corrected chi connectivity index (χ0v) is 21.0. The number of piperazine rings is 1. The molecule has 1 aromatic heterocycles. The van der Waals surface area contributed by atoms with Gasteiger partial charge in [0.2, 0.25) is 10.0 Å². The standard InChI is InChI=1S/C25H30N4O5S/c1-4-28-12-14-29(15-13-28)35(31,32)23-10-8-21(9-11-23)26-25(30)20-6-5-7-22(16-20)33-17-24-18(2)27-34-19(24)3/h5-11,16H,4,12-15,17H2,1-3H3,(H,26,30). The highest BCUT2D eigenvalue weighted by Crippen LogP contribution is 2.22. The number of carbonyl (C=O) groups is 1. The normalized spacial score (nSPS) is 15.2. The van der Waals surface area contributed by atoms with E-state index in [0.29, 0.717) is 35.9 Å². The molecule has 0 saturated carbocycles. The topological polar surface area (TPSA) is 105 Å². The summed E-state index contributed by atoms with van der Waals surface area (Å²) in [4.78, 5) is 15.2. The Morgan fingerprint density at radius 1 is 1.09 bits per heavy atom. The second-order valence-corrected chi connectivity index (χ2v) is 10.4. The molecule has 3 aromatic rings. The highest BCUT2D eigenvalue weighted by Gasteiger charge is 2.28. The van der Waals surface area contributed by atoms with Gasteiger partial charge in [0.25, 0.3) is 5.91 Å². The minimum Gasteiger partial charge on any atom is -0.489 e. The summed E-state index contributed by atoms with van der Waals surface area (Å²) in [5.41, 5.74) is 2.57. The lowest BCUT2D eigenvalue weighted by Gasteiger charge is -2.33. The van der Waals surface area contributed by atoms with E-state index in [2.05, 4.69) is 22.3 Å². The summed E-state index contributed by atoms with van der Waals surface area (Å²) in [7, 11) is -3.56. The maximum atomic E-state index is 13.0. The fraction of sp³-hybridized carbons (Fsp3) is 0.360. The first-order valence-electron chi connectivity index (χ1n) is 11.6. The fourth-order valence-corrected chi connectivity index (χ4v) is 5.36. The lowest BCUT2D eigenvalue weighted by atomic mass is 10.2. The molecule has 0 atom stereocenters. The number of amides is 1. The van der Waals surface area contributed by atoms with E-state index >= 15 is 0 Å². The number of rotatable bonds is 8. The Morgan fingerprint density at radius 3 is 2.43 bits per heavy atom. The van der Waals surface area contributed by atoms with Gasteiger partial charge in [-0.1, -0.05) is 18.1 Å². The molecule has 1 aliphatic rings. The summed E-state index contributed by atoms with van der Waals surface area (Å²) < 4.78 is 38.4. The van der Waals surface area contributed by atoms with Crippen LogP contribution in [0, 0.1) is 13.8 Å². The maximum absolute atomic E-state index is 13.0. The second kappa shape index (κ2) is 10.6. The van der Waals surface area contributed by atoms with Crippen molar-refractivity contribution in [3.05, 3.63) is 71.1 Å². The number of benzene rings is 2. The largest absolute Gasteiger partial charge is 0.489 e. The van der Waals surface area contributed by atoms with Crippen LogP contribution in [-0.4, -0.2) is 61.4 Å². The zero-order valence-electron chi connectivity index (χ0n) is 20.2. The lowest BCUT2D eigenvalue weighted by molar-refractivity contribution is 0.102. The van der Waals surface area contributed by atoms with Crippen molar-refractivity contribution in [3.63, 3.8) is 0 Å². The Bertz CT molecular complexity index is 1260. The summed E-state index contributed by atoms with van der Waals surface area (Å²) in [5.74, 6) is 0.923. The molecule has 1 saturated heterocycles. The number of hydrogen-bond donors (Lipinski definition) is 1. The molecule has 0 bridgehead atoms. The lowest BCUT2D eigenvalue weighted by Crippen LogP contribution is -2.48. The molecule has 2 aromatic carbocycles. The van der Waals surface area contributed by atoms with E-state index in [9.17, 15) is 13.2 Å². The molecule has 35 heavy (non-hydrogen) atoms. The molecule has 1 amide bonds. The van der Waals surface area contributed by atoms with Gasteiger partial charge in [-0.2, -0.15) is 4.31 Å². The Labute approximate surface area is 205 Å². The monoisotopic (exact) mass is 498 g/mol. The number of nitrogens with one attached hydrogen (secondary N) is 1. The summed E-state index contributed by atoms with van der Waals surface area (Å²) >= 11 is 0. The Hall–Kier alpha value is -3.21. The number of aromatic nitrogens is 1. The van der Waals surface area contributed by atoms with Crippen LogP contribution in [0.3, 0.4) is 0 Å². The third-order valence-electron chi connectivity index (χ3n) is 6.19. The third-order valence-corrected chi connectivity index (χ3v) is 8.10. The molecule has 2 heterocycles. The maximum Gasteiger partial charge on any atom is 0.255 e. The first-order valence-corrected chi connectivity index (χ1v) is 13.0. The Kier molecular flexibility index (Phi) is 7.54. The van der Waals surface area contributed by atoms with E-state index in [1.165, 1.54) is 16.4 Å². The predicted octanol–water partition coefficient (Wildman–Crippen LogP) is 3.45. The van der Waals surface area contributed by atoms with Gasteiger partial charge in [-0.3, -0.25) is 4.79 Å². The molecule has 0 unspecified atom stereocenters. The molecule has 4 rings (SSSR count). The van der Waals surface area contributed by atoms with Gasteiger partial charge in [0.05, 0.1) is 16.2 Å². The van der Waals surface area contributed by atoms with Crippen LogP contribution in [0.4, 0.5) is 5.69 Å². The quantitative estimate of drug-likeness (QED) is 0.507. The van der Waals surface area contributed by atoms with E-state index in [1.54, 1.807) is 36.4 Å². The number of ether oxygens (including phenoxy) is 1. The van der Waals surface area contributed by atoms with Gasteiger partial charge in [-0.05, 0) is 62.9 Å². The van der Waals surface area contributed by atoms with Crippen molar-refractivity contribution in [1.29, 1.82) is 0 Å². The number of carbonyl (C=O) groups excluding carboxylic acids is 1. The van der Waals surface area contributed by atoms with Gasteiger partial charge >= 0.3 is 0 Å². The summed E-state index contributed by atoms with van der Waals surface area (Å²) in [5, 5.41) is 6.72. The van der Waals surface area contributed by atoms with Crippen LogP contribution in [0.1, 0.15) is 34.3 Å². The van der Waals surface area contributed by atoms with E-state index in [-0.39, 0.29) is 17.4 Å². The average molecular weight is 499 g/mol.